The summed E-state index contributed by atoms with van der Waals surface area (Å²) >= 11 is 1.59. The zero-order chi connectivity index (χ0) is 15.9. The van der Waals surface area contributed by atoms with E-state index >= 15 is 0 Å². The topological polar surface area (TPSA) is 41.4 Å². The van der Waals surface area contributed by atoms with Crippen molar-refractivity contribution < 1.29 is 4.79 Å². The van der Waals surface area contributed by atoms with E-state index in [9.17, 15) is 4.79 Å². The number of aromatic nitrogens is 2. The number of hydrogen-bond donors (Lipinski definition) is 0. The lowest BCUT2D eigenvalue weighted by Crippen LogP contribution is -2.43. The quantitative estimate of drug-likeness (QED) is 0.872. The second kappa shape index (κ2) is 5.85. The first-order valence-electron chi connectivity index (χ1n) is 7.47. The standard InChI is InChI=1S/C16H22N4OS/c1-11-5-15(22-12(11)2)16(21)19-8-13-6-17-10-20(13)14(9-19)7-18(3)4/h5-6,10,14H,7-9H2,1-4H3. The summed E-state index contributed by atoms with van der Waals surface area (Å²) in [7, 11) is 4.12. The highest BCUT2D eigenvalue weighted by Gasteiger charge is 2.29. The van der Waals surface area contributed by atoms with E-state index in [0.29, 0.717) is 6.54 Å². The highest BCUT2D eigenvalue weighted by molar-refractivity contribution is 7.14. The highest BCUT2D eigenvalue weighted by atomic mass is 32.1. The third kappa shape index (κ3) is 2.80. The average molecular weight is 318 g/mol. The predicted molar refractivity (Wildman–Crippen MR) is 88.4 cm³/mol. The minimum atomic E-state index is 0.136. The molecule has 1 aliphatic rings. The fourth-order valence-electron chi connectivity index (χ4n) is 2.94. The van der Waals surface area contributed by atoms with Gasteiger partial charge in [-0.25, -0.2) is 4.98 Å². The molecule has 1 atom stereocenters. The minimum Gasteiger partial charge on any atom is -0.330 e. The molecule has 2 aromatic rings. The Kier molecular flexibility index (Phi) is 4.06. The van der Waals surface area contributed by atoms with Crippen molar-refractivity contribution in [2.45, 2.75) is 26.4 Å². The monoisotopic (exact) mass is 318 g/mol. The molecule has 3 heterocycles. The normalized spacial score (nSPS) is 17.9. The van der Waals surface area contributed by atoms with Crippen LogP contribution in [0.3, 0.4) is 0 Å². The second-order valence-corrected chi connectivity index (χ2v) is 7.50. The van der Waals surface area contributed by atoms with Crippen LogP contribution in [-0.4, -0.2) is 52.4 Å². The van der Waals surface area contributed by atoms with Crippen molar-refractivity contribution in [2.24, 2.45) is 0 Å². The SMILES string of the molecule is Cc1cc(C(=O)N2Cc3cncn3C(CN(C)C)C2)sc1C. The Labute approximate surface area is 135 Å². The Bertz CT molecular complexity index is 669. The Balaban J connectivity index is 1.85. The van der Waals surface area contributed by atoms with Gasteiger partial charge in [-0.3, -0.25) is 4.79 Å². The van der Waals surface area contributed by atoms with Crippen LogP contribution in [0.1, 0.15) is 31.8 Å². The highest BCUT2D eigenvalue weighted by Crippen LogP contribution is 2.26. The largest absolute Gasteiger partial charge is 0.330 e. The lowest BCUT2D eigenvalue weighted by molar-refractivity contribution is 0.0668. The van der Waals surface area contributed by atoms with Crippen molar-refractivity contribution in [1.82, 2.24) is 19.4 Å². The smallest absolute Gasteiger partial charge is 0.264 e. The van der Waals surface area contributed by atoms with Gasteiger partial charge in [-0.2, -0.15) is 0 Å². The Hall–Kier alpha value is -1.66. The summed E-state index contributed by atoms with van der Waals surface area (Å²) in [6.45, 7) is 6.39. The van der Waals surface area contributed by atoms with Gasteiger partial charge in [-0.15, -0.1) is 11.3 Å². The van der Waals surface area contributed by atoms with Crippen LogP contribution in [0.4, 0.5) is 0 Å². The molecule has 0 aliphatic carbocycles. The van der Waals surface area contributed by atoms with E-state index < -0.39 is 0 Å². The summed E-state index contributed by atoms with van der Waals surface area (Å²) in [6.07, 6.45) is 3.75. The molecule has 0 fully saturated rings. The van der Waals surface area contributed by atoms with E-state index in [1.54, 1.807) is 11.3 Å². The lowest BCUT2D eigenvalue weighted by Gasteiger charge is -2.35. The predicted octanol–water partition coefficient (Wildman–Crippen LogP) is 2.32. The maximum Gasteiger partial charge on any atom is 0.264 e. The van der Waals surface area contributed by atoms with Gasteiger partial charge < -0.3 is 14.4 Å². The summed E-state index contributed by atoms with van der Waals surface area (Å²) in [5.74, 6) is 0.136. The molecule has 6 heteroatoms. The summed E-state index contributed by atoms with van der Waals surface area (Å²) in [5, 5.41) is 0. The summed E-state index contributed by atoms with van der Waals surface area (Å²) in [5.41, 5.74) is 2.30. The van der Waals surface area contributed by atoms with Crippen molar-refractivity contribution in [3.05, 3.63) is 39.6 Å². The van der Waals surface area contributed by atoms with Crippen LogP contribution in [-0.2, 0) is 6.54 Å². The summed E-state index contributed by atoms with van der Waals surface area (Å²) in [4.78, 5) is 23.2. The van der Waals surface area contributed by atoms with Crippen LogP contribution in [0.5, 0.6) is 0 Å². The van der Waals surface area contributed by atoms with E-state index in [1.165, 1.54) is 10.4 Å². The van der Waals surface area contributed by atoms with Gasteiger partial charge in [0.15, 0.2) is 0 Å². The molecule has 1 aliphatic heterocycles. The van der Waals surface area contributed by atoms with Crippen molar-refractivity contribution in [2.75, 3.05) is 27.2 Å². The summed E-state index contributed by atoms with van der Waals surface area (Å²) in [6, 6.07) is 2.27. The first-order valence-corrected chi connectivity index (χ1v) is 8.29. The zero-order valence-corrected chi connectivity index (χ0v) is 14.4. The number of nitrogens with zero attached hydrogens (tertiary/aromatic N) is 4. The number of imidazole rings is 1. The molecule has 0 saturated heterocycles. The molecular weight excluding hydrogens is 296 g/mol. The molecule has 1 unspecified atom stereocenters. The number of aryl methyl sites for hydroxylation is 2. The third-order valence-electron chi connectivity index (χ3n) is 4.16. The molecule has 5 nitrogen and oxygen atoms in total. The van der Waals surface area contributed by atoms with Gasteiger partial charge in [0.2, 0.25) is 0 Å². The number of carbonyl (C=O) groups is 1. The molecule has 0 bridgehead atoms. The molecule has 3 rings (SSSR count). The van der Waals surface area contributed by atoms with Gasteiger partial charge >= 0.3 is 0 Å². The number of amides is 1. The van der Waals surface area contributed by atoms with Crippen LogP contribution in [0, 0.1) is 13.8 Å². The fraction of sp³-hybridized carbons (Fsp3) is 0.500. The van der Waals surface area contributed by atoms with Crippen molar-refractivity contribution in [3.63, 3.8) is 0 Å². The molecule has 0 N–H and O–H groups in total. The van der Waals surface area contributed by atoms with Crippen molar-refractivity contribution in [1.29, 1.82) is 0 Å². The minimum absolute atomic E-state index is 0.136. The van der Waals surface area contributed by atoms with E-state index in [4.69, 9.17) is 0 Å². The third-order valence-corrected chi connectivity index (χ3v) is 5.30. The maximum atomic E-state index is 12.8. The molecule has 0 spiro atoms. The van der Waals surface area contributed by atoms with Crippen LogP contribution in [0.2, 0.25) is 0 Å². The maximum absolute atomic E-state index is 12.8. The molecule has 0 radical (unpaired) electrons. The van der Waals surface area contributed by atoms with E-state index in [0.717, 1.165) is 23.7 Å². The van der Waals surface area contributed by atoms with Gasteiger partial charge in [0.25, 0.3) is 5.91 Å². The average Bonchev–Trinajstić information content (AvgIpc) is 3.05. The molecule has 2 aromatic heterocycles. The van der Waals surface area contributed by atoms with E-state index in [1.807, 2.05) is 23.5 Å². The van der Waals surface area contributed by atoms with Gasteiger partial charge in [-0.05, 0) is 39.6 Å². The number of hydrogen-bond acceptors (Lipinski definition) is 4. The van der Waals surface area contributed by atoms with Crippen molar-refractivity contribution >= 4 is 17.2 Å². The van der Waals surface area contributed by atoms with Gasteiger partial charge in [0, 0.05) is 24.2 Å². The van der Waals surface area contributed by atoms with Crippen molar-refractivity contribution in [3.8, 4) is 0 Å². The van der Waals surface area contributed by atoms with E-state index in [-0.39, 0.29) is 11.9 Å². The second-order valence-electron chi connectivity index (χ2n) is 6.24. The van der Waals surface area contributed by atoms with Crippen LogP contribution in [0.25, 0.3) is 0 Å². The number of thiophene rings is 1. The van der Waals surface area contributed by atoms with Gasteiger partial charge in [-0.1, -0.05) is 0 Å². The fourth-order valence-corrected chi connectivity index (χ4v) is 3.94. The van der Waals surface area contributed by atoms with Crippen LogP contribution >= 0.6 is 11.3 Å². The lowest BCUT2D eigenvalue weighted by atomic mass is 10.1. The summed E-state index contributed by atoms with van der Waals surface area (Å²) < 4.78 is 2.20. The van der Waals surface area contributed by atoms with Gasteiger partial charge in [0.05, 0.1) is 29.5 Å². The molecule has 0 saturated carbocycles. The zero-order valence-electron chi connectivity index (χ0n) is 13.5. The van der Waals surface area contributed by atoms with Crippen LogP contribution in [0.15, 0.2) is 18.6 Å². The number of likely N-dealkylation sites (N-methyl/N-ethyl adjacent to an activating group) is 1. The molecule has 1 amide bonds. The molecule has 0 aromatic carbocycles. The van der Waals surface area contributed by atoms with Crippen LogP contribution < -0.4 is 0 Å². The number of rotatable bonds is 3. The number of fused-ring (bicyclic) bond motifs is 1. The Morgan fingerprint density at radius 1 is 1.45 bits per heavy atom. The Morgan fingerprint density at radius 2 is 2.23 bits per heavy atom. The van der Waals surface area contributed by atoms with E-state index in [2.05, 4.69) is 42.4 Å². The first kappa shape index (κ1) is 15.2. The molecular formula is C16H22N4OS. The molecule has 118 valence electrons. The Morgan fingerprint density at radius 3 is 2.86 bits per heavy atom. The van der Waals surface area contributed by atoms with Gasteiger partial charge in [0.1, 0.15) is 0 Å². The molecule has 22 heavy (non-hydrogen) atoms. The first-order chi connectivity index (χ1) is 10.5. The number of carbonyl (C=O) groups excluding carboxylic acids is 1.